The zero-order chi connectivity index (χ0) is 13.7. The third-order valence-corrected chi connectivity index (χ3v) is 2.65. The second kappa shape index (κ2) is 6.06. The van der Waals surface area contributed by atoms with Crippen LogP contribution in [0.1, 0.15) is 21.7 Å². The molecular formula is C14H15N3O2. The summed E-state index contributed by atoms with van der Waals surface area (Å²) >= 11 is 0. The summed E-state index contributed by atoms with van der Waals surface area (Å²) in [5, 5.41) is 11.6. The van der Waals surface area contributed by atoms with Crippen LogP contribution in [0.3, 0.4) is 0 Å². The van der Waals surface area contributed by atoms with Crippen LogP contribution in [0.2, 0.25) is 0 Å². The van der Waals surface area contributed by atoms with Crippen molar-refractivity contribution in [3.8, 4) is 0 Å². The van der Waals surface area contributed by atoms with E-state index in [4.69, 9.17) is 5.11 Å². The van der Waals surface area contributed by atoms with E-state index in [1.165, 1.54) is 6.33 Å². The predicted molar refractivity (Wildman–Crippen MR) is 72.0 cm³/mol. The van der Waals surface area contributed by atoms with E-state index in [9.17, 15) is 4.79 Å². The van der Waals surface area contributed by atoms with Crippen molar-refractivity contribution in [3.63, 3.8) is 0 Å². The van der Waals surface area contributed by atoms with Crippen molar-refractivity contribution < 1.29 is 9.90 Å². The summed E-state index contributed by atoms with van der Waals surface area (Å²) in [5.41, 5.74) is 2.81. The lowest BCUT2D eigenvalue weighted by Crippen LogP contribution is -2.14. The van der Waals surface area contributed by atoms with E-state index >= 15 is 0 Å². The Morgan fingerprint density at radius 2 is 2.00 bits per heavy atom. The van der Waals surface area contributed by atoms with Gasteiger partial charge in [-0.3, -0.25) is 4.79 Å². The third-order valence-electron chi connectivity index (χ3n) is 2.65. The lowest BCUT2D eigenvalue weighted by atomic mass is 10.1. The number of aliphatic hydroxyl groups excluding tert-OH is 1. The van der Waals surface area contributed by atoms with Crippen LogP contribution < -0.4 is 5.32 Å². The molecule has 0 radical (unpaired) electrons. The number of hydrogen-bond donors (Lipinski definition) is 2. The molecule has 1 aromatic heterocycles. The molecule has 0 saturated heterocycles. The molecule has 0 unspecified atom stereocenters. The summed E-state index contributed by atoms with van der Waals surface area (Å²) in [6.45, 7) is 1.92. The first kappa shape index (κ1) is 13.2. The largest absolute Gasteiger partial charge is 0.396 e. The van der Waals surface area contributed by atoms with Gasteiger partial charge in [-0.2, -0.15) is 0 Å². The maximum absolute atomic E-state index is 11.9. The van der Waals surface area contributed by atoms with E-state index < -0.39 is 0 Å². The van der Waals surface area contributed by atoms with Crippen LogP contribution in [-0.2, 0) is 6.42 Å². The highest BCUT2D eigenvalue weighted by molar-refractivity contribution is 6.02. The standard InChI is InChI=1S/C14H15N3O2/c1-10-8-13(16-9-15-10)14(19)17-12-4-2-11(3-5-12)6-7-18/h2-5,8-9,18H,6-7H2,1H3,(H,17,19). The highest BCUT2D eigenvalue weighted by Gasteiger charge is 2.07. The summed E-state index contributed by atoms with van der Waals surface area (Å²) in [7, 11) is 0. The first-order valence-electron chi connectivity index (χ1n) is 5.99. The minimum absolute atomic E-state index is 0.117. The fraction of sp³-hybridized carbons (Fsp3) is 0.214. The van der Waals surface area contributed by atoms with Gasteiger partial charge < -0.3 is 10.4 Å². The maximum Gasteiger partial charge on any atom is 0.274 e. The Morgan fingerprint density at radius 1 is 1.26 bits per heavy atom. The Balaban J connectivity index is 2.06. The minimum Gasteiger partial charge on any atom is -0.396 e. The van der Waals surface area contributed by atoms with Crippen molar-refractivity contribution in [3.05, 3.63) is 53.6 Å². The zero-order valence-electron chi connectivity index (χ0n) is 10.6. The van der Waals surface area contributed by atoms with Crippen LogP contribution in [0.25, 0.3) is 0 Å². The molecule has 1 amide bonds. The summed E-state index contributed by atoms with van der Waals surface area (Å²) in [5.74, 6) is -0.264. The van der Waals surface area contributed by atoms with Crippen LogP contribution in [0, 0.1) is 6.92 Å². The van der Waals surface area contributed by atoms with Crippen LogP contribution in [-0.4, -0.2) is 27.6 Å². The number of anilines is 1. The molecule has 0 aliphatic carbocycles. The molecule has 5 nitrogen and oxygen atoms in total. The number of rotatable bonds is 4. The first-order valence-corrected chi connectivity index (χ1v) is 5.99. The van der Waals surface area contributed by atoms with Crippen molar-refractivity contribution in [2.24, 2.45) is 0 Å². The molecule has 2 rings (SSSR count). The van der Waals surface area contributed by atoms with Gasteiger partial charge in [0, 0.05) is 18.0 Å². The zero-order valence-corrected chi connectivity index (χ0v) is 10.6. The number of benzene rings is 1. The van der Waals surface area contributed by atoms with Gasteiger partial charge in [0.25, 0.3) is 5.91 Å². The molecule has 0 spiro atoms. The van der Waals surface area contributed by atoms with Gasteiger partial charge in [0.1, 0.15) is 12.0 Å². The topological polar surface area (TPSA) is 75.1 Å². The Morgan fingerprint density at radius 3 is 2.63 bits per heavy atom. The van der Waals surface area contributed by atoms with Crippen LogP contribution in [0.4, 0.5) is 5.69 Å². The van der Waals surface area contributed by atoms with E-state index in [1.807, 2.05) is 19.1 Å². The third kappa shape index (κ3) is 3.59. The monoisotopic (exact) mass is 257 g/mol. The first-order chi connectivity index (χ1) is 9.19. The summed E-state index contributed by atoms with van der Waals surface area (Å²) in [4.78, 5) is 19.8. The highest BCUT2D eigenvalue weighted by Crippen LogP contribution is 2.11. The van der Waals surface area contributed by atoms with Crippen molar-refractivity contribution in [2.45, 2.75) is 13.3 Å². The van der Waals surface area contributed by atoms with Crippen LogP contribution in [0.5, 0.6) is 0 Å². The van der Waals surface area contributed by atoms with E-state index in [0.29, 0.717) is 17.8 Å². The predicted octanol–water partition coefficient (Wildman–Crippen LogP) is 1.57. The van der Waals surface area contributed by atoms with Gasteiger partial charge >= 0.3 is 0 Å². The van der Waals surface area contributed by atoms with E-state index in [1.54, 1.807) is 18.2 Å². The number of aryl methyl sites for hydroxylation is 1. The molecule has 0 atom stereocenters. The fourth-order valence-corrected chi connectivity index (χ4v) is 1.66. The molecular weight excluding hydrogens is 242 g/mol. The maximum atomic E-state index is 11.9. The van der Waals surface area contributed by atoms with Crippen molar-refractivity contribution in [1.29, 1.82) is 0 Å². The average Bonchev–Trinajstić information content (AvgIpc) is 2.41. The molecule has 1 heterocycles. The Hall–Kier alpha value is -2.27. The van der Waals surface area contributed by atoms with Gasteiger partial charge in [0.05, 0.1) is 0 Å². The molecule has 5 heteroatoms. The summed E-state index contributed by atoms with van der Waals surface area (Å²) < 4.78 is 0. The van der Waals surface area contributed by atoms with Crippen LogP contribution >= 0.6 is 0 Å². The van der Waals surface area contributed by atoms with Crippen LogP contribution in [0.15, 0.2) is 36.7 Å². The quantitative estimate of drug-likeness (QED) is 0.871. The molecule has 0 fully saturated rings. The van der Waals surface area contributed by atoms with Crippen molar-refractivity contribution >= 4 is 11.6 Å². The van der Waals surface area contributed by atoms with E-state index in [2.05, 4.69) is 15.3 Å². The minimum atomic E-state index is -0.264. The van der Waals surface area contributed by atoms with E-state index in [0.717, 1.165) is 11.3 Å². The molecule has 98 valence electrons. The number of amides is 1. The molecule has 0 bridgehead atoms. The number of nitrogens with one attached hydrogen (secondary N) is 1. The molecule has 0 saturated carbocycles. The molecule has 2 N–H and O–H groups in total. The van der Waals surface area contributed by atoms with Gasteiger partial charge in [-0.05, 0) is 37.1 Å². The number of nitrogens with zero attached hydrogens (tertiary/aromatic N) is 2. The number of carbonyl (C=O) groups excluding carboxylic acids is 1. The molecule has 1 aromatic carbocycles. The number of aliphatic hydroxyl groups is 1. The van der Waals surface area contributed by atoms with E-state index in [-0.39, 0.29) is 12.5 Å². The molecule has 2 aromatic rings. The van der Waals surface area contributed by atoms with Gasteiger partial charge in [-0.1, -0.05) is 12.1 Å². The normalized spacial score (nSPS) is 10.2. The number of hydrogen-bond acceptors (Lipinski definition) is 4. The lowest BCUT2D eigenvalue weighted by Gasteiger charge is -2.06. The van der Waals surface area contributed by atoms with Gasteiger partial charge in [0.15, 0.2) is 0 Å². The van der Waals surface area contributed by atoms with Gasteiger partial charge in [-0.15, -0.1) is 0 Å². The SMILES string of the molecule is Cc1cc(C(=O)Nc2ccc(CCO)cc2)ncn1. The summed E-state index contributed by atoms with van der Waals surface area (Å²) in [6, 6.07) is 8.98. The van der Waals surface area contributed by atoms with Gasteiger partial charge in [0.2, 0.25) is 0 Å². The van der Waals surface area contributed by atoms with Crippen molar-refractivity contribution in [1.82, 2.24) is 9.97 Å². The fourth-order valence-electron chi connectivity index (χ4n) is 1.66. The Kier molecular flexibility index (Phi) is 4.20. The Bertz CT molecular complexity index is 567. The highest BCUT2D eigenvalue weighted by atomic mass is 16.2. The second-order valence-electron chi connectivity index (χ2n) is 4.17. The molecule has 19 heavy (non-hydrogen) atoms. The molecule has 0 aliphatic rings. The Labute approximate surface area is 111 Å². The second-order valence-corrected chi connectivity index (χ2v) is 4.17. The smallest absolute Gasteiger partial charge is 0.274 e. The lowest BCUT2D eigenvalue weighted by molar-refractivity contribution is 0.102. The summed E-state index contributed by atoms with van der Waals surface area (Å²) in [6.07, 6.45) is 1.98. The van der Waals surface area contributed by atoms with Gasteiger partial charge in [-0.25, -0.2) is 9.97 Å². The number of carbonyl (C=O) groups is 1. The average molecular weight is 257 g/mol. The van der Waals surface area contributed by atoms with Crippen molar-refractivity contribution in [2.75, 3.05) is 11.9 Å². The molecule has 0 aliphatic heterocycles. The number of aromatic nitrogens is 2.